The van der Waals surface area contributed by atoms with E-state index in [9.17, 15) is 4.79 Å². The van der Waals surface area contributed by atoms with E-state index in [1.54, 1.807) is 6.07 Å². The minimum absolute atomic E-state index is 0.0130. The highest BCUT2D eigenvalue weighted by Crippen LogP contribution is 2.22. The molecule has 88 valence electrons. The number of unbranched alkanes of at least 4 members (excludes halogenated alkanes) is 1. The molecule has 0 aliphatic carbocycles. The molecular formula is C12H17ClN2O. The number of hydrogen-bond donors (Lipinski definition) is 2. The Morgan fingerprint density at radius 2 is 2.19 bits per heavy atom. The van der Waals surface area contributed by atoms with Crippen molar-refractivity contribution >= 4 is 23.2 Å². The lowest BCUT2D eigenvalue weighted by Gasteiger charge is -2.07. The van der Waals surface area contributed by atoms with Crippen molar-refractivity contribution in [3.05, 3.63) is 28.8 Å². The van der Waals surface area contributed by atoms with Crippen LogP contribution in [0.2, 0.25) is 5.02 Å². The summed E-state index contributed by atoms with van der Waals surface area (Å²) in [4.78, 5) is 11.5. The van der Waals surface area contributed by atoms with Crippen LogP contribution >= 0.6 is 11.6 Å². The van der Waals surface area contributed by atoms with Gasteiger partial charge in [-0.3, -0.25) is 4.79 Å². The number of benzene rings is 1. The second-order valence-corrected chi connectivity index (χ2v) is 4.18. The van der Waals surface area contributed by atoms with Crippen LogP contribution in [-0.4, -0.2) is 12.5 Å². The standard InChI is InChI=1S/C12H17ClN2O/c1-9-5-6-10(13)11(8-9)15-12(16)4-2-3-7-14/h5-6,8H,2-4,7,14H2,1H3,(H,15,16). The van der Waals surface area contributed by atoms with Gasteiger partial charge in [0.2, 0.25) is 5.91 Å². The maximum Gasteiger partial charge on any atom is 0.224 e. The molecule has 0 bridgehead atoms. The fraction of sp³-hybridized carbons (Fsp3) is 0.417. The van der Waals surface area contributed by atoms with Gasteiger partial charge in [0.25, 0.3) is 0 Å². The van der Waals surface area contributed by atoms with Crippen molar-refractivity contribution in [2.24, 2.45) is 5.73 Å². The number of carbonyl (C=O) groups is 1. The van der Waals surface area contributed by atoms with Gasteiger partial charge in [0.15, 0.2) is 0 Å². The van der Waals surface area contributed by atoms with Crippen LogP contribution in [0.4, 0.5) is 5.69 Å². The van der Waals surface area contributed by atoms with Gasteiger partial charge in [-0.15, -0.1) is 0 Å². The third-order valence-electron chi connectivity index (χ3n) is 2.25. The molecule has 0 atom stereocenters. The van der Waals surface area contributed by atoms with Gasteiger partial charge in [-0.2, -0.15) is 0 Å². The predicted molar refractivity (Wildman–Crippen MR) is 67.7 cm³/mol. The zero-order valence-electron chi connectivity index (χ0n) is 9.42. The molecule has 3 N–H and O–H groups in total. The van der Waals surface area contributed by atoms with Crippen molar-refractivity contribution in [2.75, 3.05) is 11.9 Å². The summed E-state index contributed by atoms with van der Waals surface area (Å²) < 4.78 is 0. The van der Waals surface area contributed by atoms with Crippen molar-refractivity contribution in [1.82, 2.24) is 0 Å². The van der Waals surface area contributed by atoms with Crippen molar-refractivity contribution in [3.63, 3.8) is 0 Å². The van der Waals surface area contributed by atoms with E-state index in [0.717, 1.165) is 18.4 Å². The fourth-order valence-electron chi connectivity index (χ4n) is 1.38. The number of halogens is 1. The maximum atomic E-state index is 11.5. The van der Waals surface area contributed by atoms with Gasteiger partial charge in [0, 0.05) is 6.42 Å². The van der Waals surface area contributed by atoms with Crippen molar-refractivity contribution in [1.29, 1.82) is 0 Å². The van der Waals surface area contributed by atoms with Gasteiger partial charge in [-0.05, 0) is 44.0 Å². The van der Waals surface area contributed by atoms with E-state index in [1.165, 1.54) is 0 Å². The van der Waals surface area contributed by atoms with Crippen molar-refractivity contribution in [2.45, 2.75) is 26.2 Å². The molecule has 4 heteroatoms. The van der Waals surface area contributed by atoms with Crippen molar-refractivity contribution < 1.29 is 4.79 Å². The lowest BCUT2D eigenvalue weighted by Crippen LogP contribution is -2.12. The van der Waals surface area contributed by atoms with Crippen LogP contribution in [0.15, 0.2) is 18.2 Å². The van der Waals surface area contributed by atoms with Gasteiger partial charge in [0.05, 0.1) is 10.7 Å². The number of nitrogens with one attached hydrogen (secondary N) is 1. The second kappa shape index (κ2) is 6.51. The number of nitrogens with two attached hydrogens (primary N) is 1. The topological polar surface area (TPSA) is 55.1 Å². The van der Waals surface area contributed by atoms with Gasteiger partial charge >= 0.3 is 0 Å². The third kappa shape index (κ3) is 4.21. The molecule has 3 nitrogen and oxygen atoms in total. The SMILES string of the molecule is Cc1ccc(Cl)c(NC(=O)CCCCN)c1. The molecule has 0 aliphatic rings. The molecule has 0 aliphatic heterocycles. The zero-order chi connectivity index (χ0) is 12.0. The first-order valence-corrected chi connectivity index (χ1v) is 5.77. The Labute approximate surface area is 101 Å². The number of amides is 1. The second-order valence-electron chi connectivity index (χ2n) is 3.78. The summed E-state index contributed by atoms with van der Waals surface area (Å²) in [6.07, 6.45) is 2.17. The van der Waals surface area contributed by atoms with Crippen LogP contribution in [0.25, 0.3) is 0 Å². The summed E-state index contributed by atoms with van der Waals surface area (Å²) in [6, 6.07) is 5.56. The van der Waals surface area contributed by atoms with Gasteiger partial charge < -0.3 is 11.1 Å². The largest absolute Gasteiger partial charge is 0.330 e. The van der Waals surface area contributed by atoms with Crippen LogP contribution in [0, 0.1) is 6.92 Å². The molecule has 1 rings (SSSR count). The molecule has 1 aromatic carbocycles. The molecule has 0 fully saturated rings. The van der Waals surface area contributed by atoms with Crippen LogP contribution in [0.5, 0.6) is 0 Å². The fourth-order valence-corrected chi connectivity index (χ4v) is 1.54. The van der Waals surface area contributed by atoms with E-state index in [1.807, 2.05) is 19.1 Å². The van der Waals surface area contributed by atoms with E-state index in [0.29, 0.717) is 23.7 Å². The van der Waals surface area contributed by atoms with E-state index in [2.05, 4.69) is 5.32 Å². The summed E-state index contributed by atoms with van der Waals surface area (Å²) in [5.41, 5.74) is 7.11. The average molecular weight is 241 g/mol. The van der Waals surface area contributed by atoms with E-state index in [4.69, 9.17) is 17.3 Å². The Hall–Kier alpha value is -1.06. The van der Waals surface area contributed by atoms with Gasteiger partial charge in [-0.1, -0.05) is 17.7 Å². The Bertz CT molecular complexity index is 366. The molecule has 1 amide bonds. The molecule has 0 unspecified atom stereocenters. The maximum absolute atomic E-state index is 11.5. The third-order valence-corrected chi connectivity index (χ3v) is 2.58. The molecule has 0 radical (unpaired) electrons. The highest BCUT2D eigenvalue weighted by atomic mass is 35.5. The molecule has 0 heterocycles. The lowest BCUT2D eigenvalue weighted by atomic mass is 10.2. The molecule has 1 aromatic rings. The van der Waals surface area contributed by atoms with Crippen LogP contribution in [0.1, 0.15) is 24.8 Å². The van der Waals surface area contributed by atoms with Crippen LogP contribution in [-0.2, 0) is 4.79 Å². The first-order valence-electron chi connectivity index (χ1n) is 5.39. The predicted octanol–water partition coefficient (Wildman–Crippen LogP) is 2.72. The minimum Gasteiger partial charge on any atom is -0.330 e. The molecular weight excluding hydrogens is 224 g/mol. The highest BCUT2D eigenvalue weighted by molar-refractivity contribution is 6.33. The Balaban J connectivity index is 2.52. The summed E-state index contributed by atoms with van der Waals surface area (Å²) >= 11 is 5.97. The van der Waals surface area contributed by atoms with Crippen LogP contribution < -0.4 is 11.1 Å². The lowest BCUT2D eigenvalue weighted by molar-refractivity contribution is -0.116. The van der Waals surface area contributed by atoms with E-state index in [-0.39, 0.29) is 5.91 Å². The van der Waals surface area contributed by atoms with Crippen LogP contribution in [0.3, 0.4) is 0 Å². The zero-order valence-corrected chi connectivity index (χ0v) is 10.2. The van der Waals surface area contributed by atoms with Gasteiger partial charge in [-0.25, -0.2) is 0 Å². The Morgan fingerprint density at radius 3 is 2.88 bits per heavy atom. The van der Waals surface area contributed by atoms with E-state index < -0.39 is 0 Å². The molecule has 0 aromatic heterocycles. The Kier molecular flexibility index (Phi) is 5.29. The minimum atomic E-state index is -0.0130. The van der Waals surface area contributed by atoms with E-state index >= 15 is 0 Å². The molecule has 0 saturated heterocycles. The summed E-state index contributed by atoms with van der Waals surface area (Å²) in [7, 11) is 0. The number of aryl methyl sites for hydroxylation is 1. The van der Waals surface area contributed by atoms with Gasteiger partial charge in [0.1, 0.15) is 0 Å². The summed E-state index contributed by atoms with van der Waals surface area (Å²) in [6.45, 7) is 2.58. The first kappa shape index (κ1) is 13.0. The quantitative estimate of drug-likeness (QED) is 0.778. The number of rotatable bonds is 5. The average Bonchev–Trinajstić information content (AvgIpc) is 2.24. The molecule has 16 heavy (non-hydrogen) atoms. The number of carbonyl (C=O) groups excluding carboxylic acids is 1. The number of hydrogen-bond acceptors (Lipinski definition) is 2. The molecule has 0 spiro atoms. The highest BCUT2D eigenvalue weighted by Gasteiger charge is 2.05. The monoisotopic (exact) mass is 240 g/mol. The summed E-state index contributed by atoms with van der Waals surface area (Å²) in [5, 5.41) is 3.37. The first-order chi connectivity index (χ1) is 7.63. The number of anilines is 1. The smallest absolute Gasteiger partial charge is 0.224 e. The Morgan fingerprint density at radius 1 is 1.44 bits per heavy atom. The molecule has 0 saturated carbocycles. The summed E-state index contributed by atoms with van der Waals surface area (Å²) in [5.74, 6) is -0.0130. The normalized spacial score (nSPS) is 10.2. The van der Waals surface area contributed by atoms with Crippen molar-refractivity contribution in [3.8, 4) is 0 Å².